The van der Waals surface area contributed by atoms with Gasteiger partial charge in [-0.05, 0) is 55.2 Å². The van der Waals surface area contributed by atoms with Crippen LogP contribution in [0, 0.1) is 12.3 Å². The largest absolute Gasteiger partial charge is 0.299 e. The summed E-state index contributed by atoms with van der Waals surface area (Å²) in [6.45, 7) is 7.98. The first-order chi connectivity index (χ1) is 10.4. The number of Topliss-reactive ketones (excluding diaryl/α,β-unsaturated/α-hetero) is 1. The lowest BCUT2D eigenvalue weighted by Crippen LogP contribution is -2.19. The zero-order valence-electron chi connectivity index (χ0n) is 13.9. The maximum Gasteiger partial charge on any atom is 0.138 e. The van der Waals surface area contributed by atoms with E-state index in [4.69, 9.17) is 0 Å². The molecule has 3 heteroatoms. The Morgan fingerprint density at radius 3 is 2.32 bits per heavy atom. The number of nitrogens with zero attached hydrogens (tertiary/aromatic N) is 2. The van der Waals surface area contributed by atoms with Crippen molar-refractivity contribution in [1.82, 2.24) is 9.97 Å². The summed E-state index contributed by atoms with van der Waals surface area (Å²) in [5, 5.41) is 0. The maximum absolute atomic E-state index is 12.0. The van der Waals surface area contributed by atoms with Crippen molar-refractivity contribution in [2.75, 3.05) is 0 Å². The quantitative estimate of drug-likeness (QED) is 0.821. The highest BCUT2D eigenvalue weighted by Crippen LogP contribution is 2.20. The summed E-state index contributed by atoms with van der Waals surface area (Å²) in [4.78, 5) is 20.7. The Balaban J connectivity index is 2.02. The van der Waals surface area contributed by atoms with Crippen LogP contribution in [0.3, 0.4) is 0 Å². The van der Waals surface area contributed by atoms with E-state index in [1.165, 1.54) is 11.1 Å². The van der Waals surface area contributed by atoms with Crippen molar-refractivity contribution in [2.24, 2.45) is 5.41 Å². The molecule has 2 aromatic heterocycles. The molecule has 0 aromatic carbocycles. The number of ketones is 1. The molecule has 0 fully saturated rings. The van der Waals surface area contributed by atoms with E-state index >= 15 is 0 Å². The molecule has 0 saturated carbocycles. The summed E-state index contributed by atoms with van der Waals surface area (Å²) in [5.41, 5.74) is 3.92. The molecule has 0 aliphatic rings. The third kappa shape index (κ3) is 4.48. The summed E-state index contributed by atoms with van der Waals surface area (Å²) in [6, 6.07) is 8.10. The second-order valence-electron chi connectivity index (χ2n) is 6.79. The van der Waals surface area contributed by atoms with E-state index in [9.17, 15) is 4.79 Å². The molecule has 2 heterocycles. The lowest BCUT2D eigenvalue weighted by molar-refractivity contribution is -0.126. The van der Waals surface area contributed by atoms with Crippen molar-refractivity contribution in [2.45, 2.75) is 47.0 Å². The molecule has 0 N–H and O–H groups in total. The van der Waals surface area contributed by atoms with Crippen LogP contribution in [0.5, 0.6) is 0 Å². The van der Waals surface area contributed by atoms with Crippen LogP contribution in [0.25, 0.3) is 11.4 Å². The van der Waals surface area contributed by atoms with E-state index < -0.39 is 0 Å². The van der Waals surface area contributed by atoms with Gasteiger partial charge in [-0.2, -0.15) is 0 Å². The average molecular weight is 296 g/mol. The van der Waals surface area contributed by atoms with Gasteiger partial charge in [-0.1, -0.05) is 20.8 Å². The molecular formula is C19H24N2O. The highest BCUT2D eigenvalue weighted by molar-refractivity contribution is 5.83. The number of aryl methyl sites for hydroxylation is 2. The molecule has 0 unspecified atom stereocenters. The molecule has 22 heavy (non-hydrogen) atoms. The Morgan fingerprint density at radius 2 is 1.68 bits per heavy atom. The Labute approximate surface area is 132 Å². The fraction of sp³-hybridized carbons (Fsp3) is 0.421. The van der Waals surface area contributed by atoms with Crippen LogP contribution in [-0.2, 0) is 11.2 Å². The third-order valence-corrected chi connectivity index (χ3v) is 3.71. The van der Waals surface area contributed by atoms with E-state index in [-0.39, 0.29) is 5.41 Å². The highest BCUT2D eigenvalue weighted by Gasteiger charge is 2.20. The lowest BCUT2D eigenvalue weighted by atomic mass is 9.87. The number of hydrogen-bond acceptors (Lipinski definition) is 3. The van der Waals surface area contributed by atoms with Crippen molar-refractivity contribution in [3.05, 3.63) is 47.8 Å². The first-order valence-electron chi connectivity index (χ1n) is 7.77. The molecule has 116 valence electrons. The van der Waals surface area contributed by atoms with Crippen molar-refractivity contribution in [3.8, 4) is 11.4 Å². The SMILES string of the molecule is Cc1ccnc(-c2cc(CCCC(=O)C(C)(C)C)ccn2)c1. The molecule has 0 saturated heterocycles. The summed E-state index contributed by atoms with van der Waals surface area (Å²) >= 11 is 0. The normalized spacial score (nSPS) is 11.5. The first-order valence-corrected chi connectivity index (χ1v) is 7.77. The highest BCUT2D eigenvalue weighted by atomic mass is 16.1. The van der Waals surface area contributed by atoms with E-state index in [0.29, 0.717) is 12.2 Å². The Hall–Kier alpha value is -2.03. The summed E-state index contributed by atoms with van der Waals surface area (Å²) in [6.07, 6.45) is 6.02. The van der Waals surface area contributed by atoms with Gasteiger partial charge in [-0.3, -0.25) is 14.8 Å². The molecule has 0 amide bonds. The molecule has 0 spiro atoms. The van der Waals surface area contributed by atoms with Gasteiger partial charge in [0.05, 0.1) is 11.4 Å². The van der Waals surface area contributed by atoms with E-state index in [0.717, 1.165) is 24.2 Å². The Bertz CT molecular complexity index is 656. The molecule has 0 bridgehead atoms. The molecule has 0 aliphatic carbocycles. The zero-order valence-corrected chi connectivity index (χ0v) is 13.9. The minimum atomic E-state index is -0.241. The lowest BCUT2D eigenvalue weighted by Gasteiger charge is -2.16. The second kappa shape index (κ2) is 6.82. The summed E-state index contributed by atoms with van der Waals surface area (Å²) < 4.78 is 0. The van der Waals surface area contributed by atoms with Gasteiger partial charge in [0.2, 0.25) is 0 Å². The van der Waals surface area contributed by atoms with Gasteiger partial charge in [-0.25, -0.2) is 0 Å². The van der Waals surface area contributed by atoms with Gasteiger partial charge in [-0.15, -0.1) is 0 Å². The number of rotatable bonds is 5. The van der Waals surface area contributed by atoms with Crippen LogP contribution in [0.1, 0.15) is 44.7 Å². The van der Waals surface area contributed by atoms with Gasteiger partial charge in [0.15, 0.2) is 0 Å². The van der Waals surface area contributed by atoms with Gasteiger partial charge >= 0.3 is 0 Å². The fourth-order valence-corrected chi connectivity index (χ4v) is 2.27. The van der Waals surface area contributed by atoms with Crippen molar-refractivity contribution < 1.29 is 4.79 Å². The standard InChI is InChI=1S/C19H24N2O/c1-14-8-10-20-16(12-14)17-13-15(9-11-21-17)6-5-7-18(22)19(2,3)4/h8-13H,5-7H2,1-4H3. The topological polar surface area (TPSA) is 42.9 Å². The first kappa shape index (κ1) is 16.3. The predicted molar refractivity (Wildman–Crippen MR) is 89.6 cm³/mol. The molecular weight excluding hydrogens is 272 g/mol. The smallest absolute Gasteiger partial charge is 0.138 e. The zero-order chi connectivity index (χ0) is 16.2. The van der Waals surface area contributed by atoms with Gasteiger partial charge in [0.1, 0.15) is 5.78 Å². The molecule has 3 nitrogen and oxygen atoms in total. The number of carbonyl (C=O) groups is 1. The van der Waals surface area contributed by atoms with Crippen molar-refractivity contribution in [3.63, 3.8) is 0 Å². The minimum absolute atomic E-state index is 0.241. The maximum atomic E-state index is 12.0. The average Bonchev–Trinajstić information content (AvgIpc) is 2.46. The number of hydrogen-bond donors (Lipinski definition) is 0. The van der Waals surface area contributed by atoms with Crippen molar-refractivity contribution >= 4 is 5.78 Å². The van der Waals surface area contributed by atoms with Crippen LogP contribution in [-0.4, -0.2) is 15.8 Å². The number of aromatic nitrogens is 2. The van der Waals surface area contributed by atoms with Gasteiger partial charge < -0.3 is 0 Å². The molecule has 0 radical (unpaired) electrons. The van der Waals surface area contributed by atoms with Gasteiger partial charge in [0, 0.05) is 24.2 Å². The minimum Gasteiger partial charge on any atom is -0.299 e. The van der Waals surface area contributed by atoms with Gasteiger partial charge in [0.25, 0.3) is 0 Å². The monoisotopic (exact) mass is 296 g/mol. The molecule has 2 rings (SSSR count). The Morgan fingerprint density at radius 1 is 1.05 bits per heavy atom. The summed E-state index contributed by atoms with van der Waals surface area (Å²) in [5.74, 6) is 0.321. The van der Waals surface area contributed by atoms with Crippen LogP contribution >= 0.6 is 0 Å². The fourth-order valence-electron chi connectivity index (χ4n) is 2.27. The van der Waals surface area contributed by atoms with Crippen molar-refractivity contribution in [1.29, 1.82) is 0 Å². The van der Waals surface area contributed by atoms with Crippen LogP contribution < -0.4 is 0 Å². The van der Waals surface area contributed by atoms with Crippen LogP contribution in [0.4, 0.5) is 0 Å². The molecule has 2 aromatic rings. The van der Waals surface area contributed by atoms with Crippen LogP contribution in [0.2, 0.25) is 0 Å². The predicted octanol–water partition coefficient (Wildman–Crippen LogP) is 4.39. The van der Waals surface area contributed by atoms with E-state index in [2.05, 4.69) is 16.0 Å². The molecule has 0 aliphatic heterocycles. The third-order valence-electron chi connectivity index (χ3n) is 3.71. The number of carbonyl (C=O) groups excluding carboxylic acids is 1. The van der Waals surface area contributed by atoms with Crippen LogP contribution in [0.15, 0.2) is 36.7 Å². The second-order valence-corrected chi connectivity index (χ2v) is 6.79. The van der Waals surface area contributed by atoms with E-state index in [1.807, 2.05) is 52.1 Å². The molecule has 0 atom stereocenters. The Kier molecular flexibility index (Phi) is 5.07. The summed E-state index contributed by atoms with van der Waals surface area (Å²) in [7, 11) is 0. The van der Waals surface area contributed by atoms with E-state index in [1.54, 1.807) is 6.20 Å². The number of pyridine rings is 2.